The van der Waals surface area contributed by atoms with Crippen LogP contribution in [-0.2, 0) is 0 Å². The lowest BCUT2D eigenvalue weighted by Crippen LogP contribution is -2.03. The zero-order valence-corrected chi connectivity index (χ0v) is 12.0. The molecule has 0 aliphatic carbocycles. The van der Waals surface area contributed by atoms with Gasteiger partial charge in [-0.3, -0.25) is 0 Å². The monoisotopic (exact) mass is 274 g/mol. The van der Waals surface area contributed by atoms with Crippen molar-refractivity contribution in [2.45, 2.75) is 17.9 Å². The van der Waals surface area contributed by atoms with Crippen molar-refractivity contribution in [1.29, 1.82) is 0 Å². The molecule has 0 bridgehead atoms. The van der Waals surface area contributed by atoms with Gasteiger partial charge in [-0.1, -0.05) is 29.8 Å². The van der Waals surface area contributed by atoms with Crippen LogP contribution in [0.5, 0.6) is 5.75 Å². The summed E-state index contributed by atoms with van der Waals surface area (Å²) < 4.78 is 5.30. The van der Waals surface area contributed by atoms with Crippen LogP contribution in [0.3, 0.4) is 0 Å². The standard InChI is InChI=1S/C16H18O2S/c1-12-8-9-16(18-2)14(10-12)15(17)11-19-13-6-4-3-5-7-13/h3-10,15,17H,11H2,1-2H3. The zero-order valence-electron chi connectivity index (χ0n) is 11.2. The number of ether oxygens (including phenoxy) is 1. The number of aliphatic hydroxyl groups excluding tert-OH is 1. The van der Waals surface area contributed by atoms with E-state index in [0.717, 1.165) is 21.8 Å². The first-order valence-corrected chi connectivity index (χ1v) is 7.19. The summed E-state index contributed by atoms with van der Waals surface area (Å²) in [5.74, 6) is 1.36. The lowest BCUT2D eigenvalue weighted by atomic mass is 10.1. The molecule has 0 aromatic heterocycles. The number of hydrogen-bond donors (Lipinski definition) is 1. The Morgan fingerprint density at radius 1 is 1.16 bits per heavy atom. The van der Waals surface area contributed by atoms with Crippen molar-refractivity contribution in [3.05, 3.63) is 59.7 Å². The quantitative estimate of drug-likeness (QED) is 0.840. The van der Waals surface area contributed by atoms with E-state index >= 15 is 0 Å². The van der Waals surface area contributed by atoms with Gasteiger partial charge >= 0.3 is 0 Å². The molecule has 1 N–H and O–H groups in total. The molecule has 0 spiro atoms. The van der Waals surface area contributed by atoms with E-state index in [2.05, 4.69) is 0 Å². The molecule has 0 saturated heterocycles. The Balaban J connectivity index is 2.07. The van der Waals surface area contributed by atoms with Crippen LogP contribution in [0.25, 0.3) is 0 Å². The highest BCUT2D eigenvalue weighted by atomic mass is 32.2. The van der Waals surface area contributed by atoms with E-state index in [1.165, 1.54) is 0 Å². The van der Waals surface area contributed by atoms with Crippen molar-refractivity contribution in [3.8, 4) is 5.75 Å². The van der Waals surface area contributed by atoms with Crippen molar-refractivity contribution in [2.24, 2.45) is 0 Å². The van der Waals surface area contributed by atoms with Gasteiger partial charge in [-0.05, 0) is 31.2 Å². The van der Waals surface area contributed by atoms with Crippen molar-refractivity contribution in [3.63, 3.8) is 0 Å². The van der Waals surface area contributed by atoms with E-state index in [4.69, 9.17) is 4.74 Å². The molecule has 1 unspecified atom stereocenters. The second kappa shape index (κ2) is 6.64. The number of aliphatic hydroxyl groups is 1. The second-order valence-corrected chi connectivity index (χ2v) is 5.48. The molecule has 0 aliphatic heterocycles. The van der Waals surface area contributed by atoms with Gasteiger partial charge in [0.2, 0.25) is 0 Å². The van der Waals surface area contributed by atoms with Crippen LogP contribution in [0.1, 0.15) is 17.2 Å². The molecule has 3 heteroatoms. The minimum Gasteiger partial charge on any atom is -0.496 e. The molecule has 2 aromatic rings. The SMILES string of the molecule is COc1ccc(C)cc1C(O)CSc1ccccc1. The van der Waals surface area contributed by atoms with Crippen LogP contribution in [-0.4, -0.2) is 18.0 Å². The molecular weight excluding hydrogens is 256 g/mol. The van der Waals surface area contributed by atoms with Gasteiger partial charge in [-0.2, -0.15) is 0 Å². The molecule has 0 radical (unpaired) electrons. The van der Waals surface area contributed by atoms with E-state index in [1.54, 1.807) is 18.9 Å². The molecule has 1 atom stereocenters. The third-order valence-electron chi connectivity index (χ3n) is 2.90. The first kappa shape index (κ1) is 14.0. The number of thioether (sulfide) groups is 1. The first-order valence-electron chi connectivity index (χ1n) is 6.21. The summed E-state index contributed by atoms with van der Waals surface area (Å²) in [5.41, 5.74) is 1.98. The molecule has 19 heavy (non-hydrogen) atoms. The molecule has 0 fully saturated rings. The fourth-order valence-corrected chi connectivity index (χ4v) is 2.78. The molecule has 0 aliphatic rings. The normalized spacial score (nSPS) is 12.2. The summed E-state index contributed by atoms with van der Waals surface area (Å²) in [6.07, 6.45) is -0.528. The average molecular weight is 274 g/mol. The lowest BCUT2D eigenvalue weighted by Gasteiger charge is -2.15. The van der Waals surface area contributed by atoms with E-state index in [9.17, 15) is 5.11 Å². The number of rotatable bonds is 5. The van der Waals surface area contributed by atoms with Crippen LogP contribution < -0.4 is 4.74 Å². The Kier molecular flexibility index (Phi) is 4.88. The highest BCUT2D eigenvalue weighted by Crippen LogP contribution is 2.30. The minimum absolute atomic E-state index is 0.528. The van der Waals surface area contributed by atoms with Crippen molar-refractivity contribution < 1.29 is 9.84 Å². The van der Waals surface area contributed by atoms with E-state index in [-0.39, 0.29) is 0 Å². The van der Waals surface area contributed by atoms with Crippen LogP contribution >= 0.6 is 11.8 Å². The molecule has 100 valence electrons. The van der Waals surface area contributed by atoms with Gasteiger partial charge in [-0.25, -0.2) is 0 Å². The van der Waals surface area contributed by atoms with Crippen LogP contribution in [0.15, 0.2) is 53.4 Å². The molecule has 2 nitrogen and oxygen atoms in total. The number of methoxy groups -OCH3 is 1. The van der Waals surface area contributed by atoms with Crippen LogP contribution in [0, 0.1) is 6.92 Å². The summed E-state index contributed by atoms with van der Waals surface area (Å²) in [6.45, 7) is 2.01. The maximum atomic E-state index is 10.3. The summed E-state index contributed by atoms with van der Waals surface area (Å²) in [7, 11) is 1.63. The number of hydrogen-bond acceptors (Lipinski definition) is 3. The third kappa shape index (κ3) is 3.75. The lowest BCUT2D eigenvalue weighted by molar-refractivity contribution is 0.199. The maximum Gasteiger partial charge on any atom is 0.124 e. The third-order valence-corrected chi connectivity index (χ3v) is 3.98. The molecule has 0 amide bonds. The topological polar surface area (TPSA) is 29.5 Å². The Hall–Kier alpha value is -1.45. The highest BCUT2D eigenvalue weighted by molar-refractivity contribution is 7.99. The maximum absolute atomic E-state index is 10.3. The molecule has 0 saturated carbocycles. The van der Waals surface area contributed by atoms with Crippen molar-refractivity contribution in [2.75, 3.05) is 12.9 Å². The van der Waals surface area contributed by atoms with Gasteiger partial charge < -0.3 is 9.84 Å². The van der Waals surface area contributed by atoms with E-state index in [1.807, 2.05) is 55.5 Å². The van der Waals surface area contributed by atoms with Gasteiger partial charge in [0.05, 0.1) is 13.2 Å². The summed E-state index contributed by atoms with van der Waals surface area (Å²) >= 11 is 1.64. The van der Waals surface area contributed by atoms with Gasteiger partial charge in [0.1, 0.15) is 5.75 Å². The second-order valence-electron chi connectivity index (χ2n) is 4.39. The fourth-order valence-electron chi connectivity index (χ4n) is 1.90. The molecule has 2 rings (SSSR count). The van der Waals surface area contributed by atoms with Gasteiger partial charge in [0, 0.05) is 16.2 Å². The molecule has 2 aromatic carbocycles. The predicted molar refractivity (Wildman–Crippen MR) is 79.9 cm³/mol. The predicted octanol–water partition coefficient (Wildman–Crippen LogP) is 3.83. The summed E-state index contributed by atoms with van der Waals surface area (Å²) in [5, 5.41) is 10.3. The van der Waals surface area contributed by atoms with Crippen LogP contribution in [0.2, 0.25) is 0 Å². The van der Waals surface area contributed by atoms with Crippen molar-refractivity contribution >= 4 is 11.8 Å². The molecule has 0 heterocycles. The Bertz CT molecular complexity index is 526. The molecular formula is C16H18O2S. The summed E-state index contributed by atoms with van der Waals surface area (Å²) in [4.78, 5) is 1.16. The number of aryl methyl sites for hydroxylation is 1. The summed E-state index contributed by atoms with van der Waals surface area (Å²) in [6, 6.07) is 16.0. The van der Waals surface area contributed by atoms with Gasteiger partial charge in [0.25, 0.3) is 0 Å². The van der Waals surface area contributed by atoms with E-state index < -0.39 is 6.10 Å². The highest BCUT2D eigenvalue weighted by Gasteiger charge is 2.13. The minimum atomic E-state index is -0.528. The Labute approximate surface area is 118 Å². The number of benzene rings is 2. The first-order chi connectivity index (χ1) is 9.20. The Morgan fingerprint density at radius 3 is 2.58 bits per heavy atom. The van der Waals surface area contributed by atoms with Crippen LogP contribution in [0.4, 0.5) is 0 Å². The zero-order chi connectivity index (χ0) is 13.7. The van der Waals surface area contributed by atoms with Crippen molar-refractivity contribution in [1.82, 2.24) is 0 Å². The van der Waals surface area contributed by atoms with Gasteiger partial charge in [0.15, 0.2) is 0 Å². The smallest absolute Gasteiger partial charge is 0.124 e. The Morgan fingerprint density at radius 2 is 1.89 bits per heavy atom. The largest absolute Gasteiger partial charge is 0.496 e. The van der Waals surface area contributed by atoms with E-state index in [0.29, 0.717) is 5.75 Å². The average Bonchev–Trinajstić information content (AvgIpc) is 2.46. The fraction of sp³-hybridized carbons (Fsp3) is 0.250. The van der Waals surface area contributed by atoms with Gasteiger partial charge in [-0.15, -0.1) is 11.8 Å².